The van der Waals surface area contributed by atoms with Crippen molar-refractivity contribution in [1.82, 2.24) is 9.03 Å². The Balaban J connectivity index is 2.76. The normalized spacial score (nSPS) is 21.1. The maximum absolute atomic E-state index is 11.8. The van der Waals surface area contributed by atoms with Crippen molar-refractivity contribution in [3.05, 3.63) is 0 Å². The van der Waals surface area contributed by atoms with Gasteiger partial charge in [0.2, 0.25) is 0 Å². The number of carbonyl (C=O) groups excluding carboxylic acids is 1. The SMILES string of the molecule is CCOC(=O)NS(=O)(=O)N1CCCC1C(=N)N. The monoisotopic (exact) mass is 264 g/mol. The highest BCUT2D eigenvalue weighted by molar-refractivity contribution is 7.87. The maximum atomic E-state index is 11.8. The summed E-state index contributed by atoms with van der Waals surface area (Å²) < 4.78 is 30.9. The zero-order valence-electron chi connectivity index (χ0n) is 9.47. The van der Waals surface area contributed by atoms with Crippen LogP contribution in [-0.4, -0.2) is 43.8 Å². The van der Waals surface area contributed by atoms with Gasteiger partial charge in [0, 0.05) is 6.54 Å². The smallest absolute Gasteiger partial charge is 0.421 e. The van der Waals surface area contributed by atoms with Crippen LogP contribution in [0.5, 0.6) is 0 Å². The van der Waals surface area contributed by atoms with Crippen LogP contribution < -0.4 is 10.5 Å². The lowest BCUT2D eigenvalue weighted by Gasteiger charge is -2.22. The summed E-state index contributed by atoms with van der Waals surface area (Å²) in [4.78, 5) is 11.1. The summed E-state index contributed by atoms with van der Waals surface area (Å²) in [6.07, 6.45) is 0.0641. The molecule has 1 fully saturated rings. The predicted molar refractivity (Wildman–Crippen MR) is 60.7 cm³/mol. The van der Waals surface area contributed by atoms with Crippen molar-refractivity contribution >= 4 is 22.1 Å². The number of nitrogens with zero attached hydrogens (tertiary/aromatic N) is 1. The van der Waals surface area contributed by atoms with Gasteiger partial charge in [-0.05, 0) is 19.8 Å². The molecule has 0 spiro atoms. The van der Waals surface area contributed by atoms with Gasteiger partial charge in [0.05, 0.1) is 12.6 Å². The lowest BCUT2D eigenvalue weighted by Crippen LogP contribution is -2.49. The molecule has 1 amide bonds. The van der Waals surface area contributed by atoms with Gasteiger partial charge in [-0.1, -0.05) is 0 Å². The fourth-order valence-corrected chi connectivity index (χ4v) is 2.97. The first-order chi connectivity index (χ1) is 7.88. The number of nitrogens with one attached hydrogen (secondary N) is 2. The van der Waals surface area contributed by atoms with Crippen molar-refractivity contribution in [2.45, 2.75) is 25.8 Å². The summed E-state index contributed by atoms with van der Waals surface area (Å²) in [5.41, 5.74) is 5.31. The van der Waals surface area contributed by atoms with Gasteiger partial charge in [0.15, 0.2) is 0 Å². The van der Waals surface area contributed by atoms with E-state index < -0.39 is 22.3 Å². The Morgan fingerprint density at radius 1 is 1.65 bits per heavy atom. The summed E-state index contributed by atoms with van der Waals surface area (Å²) in [5, 5.41) is 7.29. The number of amides is 1. The van der Waals surface area contributed by atoms with Crippen LogP contribution in [0, 0.1) is 5.41 Å². The van der Waals surface area contributed by atoms with Crippen molar-refractivity contribution in [1.29, 1.82) is 5.41 Å². The molecule has 0 saturated carbocycles. The van der Waals surface area contributed by atoms with Crippen LogP contribution in [0.3, 0.4) is 0 Å². The molecule has 98 valence electrons. The van der Waals surface area contributed by atoms with Gasteiger partial charge in [0.1, 0.15) is 5.84 Å². The Morgan fingerprint density at radius 2 is 2.29 bits per heavy atom. The summed E-state index contributed by atoms with van der Waals surface area (Å²) in [5.74, 6) is -0.225. The maximum Gasteiger partial charge on any atom is 0.421 e. The second-order valence-corrected chi connectivity index (χ2v) is 5.17. The molecule has 0 aromatic carbocycles. The zero-order chi connectivity index (χ0) is 13.1. The van der Waals surface area contributed by atoms with Gasteiger partial charge in [-0.25, -0.2) is 9.52 Å². The number of nitrogens with two attached hydrogens (primary N) is 1. The summed E-state index contributed by atoms with van der Waals surface area (Å²) in [7, 11) is -3.99. The van der Waals surface area contributed by atoms with Crippen LogP contribution in [0.15, 0.2) is 0 Å². The molecule has 0 aromatic rings. The first-order valence-electron chi connectivity index (χ1n) is 5.18. The average molecular weight is 264 g/mol. The summed E-state index contributed by atoms with van der Waals surface area (Å²) >= 11 is 0. The molecule has 0 aliphatic carbocycles. The second-order valence-electron chi connectivity index (χ2n) is 3.55. The molecule has 1 aliphatic rings. The van der Waals surface area contributed by atoms with Crippen molar-refractivity contribution in [3.63, 3.8) is 0 Å². The van der Waals surface area contributed by atoms with Crippen molar-refractivity contribution < 1.29 is 17.9 Å². The van der Waals surface area contributed by atoms with Gasteiger partial charge in [0.25, 0.3) is 0 Å². The lowest BCUT2D eigenvalue weighted by molar-refractivity contribution is 0.158. The molecule has 0 aromatic heterocycles. The van der Waals surface area contributed by atoms with Crippen molar-refractivity contribution in [3.8, 4) is 0 Å². The van der Waals surface area contributed by atoms with Gasteiger partial charge in [-0.3, -0.25) is 5.41 Å². The van der Waals surface area contributed by atoms with Crippen LogP contribution in [-0.2, 0) is 14.9 Å². The van der Waals surface area contributed by atoms with Crippen molar-refractivity contribution in [2.24, 2.45) is 5.73 Å². The third-order valence-electron chi connectivity index (χ3n) is 2.36. The molecule has 1 heterocycles. The van der Waals surface area contributed by atoms with Crippen LogP contribution in [0.1, 0.15) is 19.8 Å². The van der Waals surface area contributed by atoms with Gasteiger partial charge >= 0.3 is 16.3 Å². The molecule has 4 N–H and O–H groups in total. The van der Waals surface area contributed by atoms with Gasteiger partial charge in [-0.2, -0.15) is 12.7 Å². The Morgan fingerprint density at radius 3 is 2.82 bits per heavy atom. The van der Waals surface area contributed by atoms with E-state index in [1.165, 1.54) is 0 Å². The fourth-order valence-electron chi connectivity index (χ4n) is 1.66. The minimum atomic E-state index is -3.99. The van der Waals surface area contributed by atoms with E-state index >= 15 is 0 Å². The average Bonchev–Trinajstić information content (AvgIpc) is 2.65. The molecule has 8 nitrogen and oxygen atoms in total. The molecule has 0 bridgehead atoms. The molecular weight excluding hydrogens is 248 g/mol. The van der Waals surface area contributed by atoms with Crippen LogP contribution in [0.4, 0.5) is 4.79 Å². The largest absolute Gasteiger partial charge is 0.449 e. The lowest BCUT2D eigenvalue weighted by atomic mass is 10.2. The molecule has 17 heavy (non-hydrogen) atoms. The molecule has 1 rings (SSSR count). The molecule has 1 saturated heterocycles. The quantitative estimate of drug-likeness (QED) is 0.460. The highest BCUT2D eigenvalue weighted by Gasteiger charge is 2.37. The Bertz CT molecular complexity index is 408. The Labute approximate surface area is 99.8 Å². The number of ether oxygens (including phenoxy) is 1. The van der Waals surface area contributed by atoms with E-state index in [-0.39, 0.29) is 19.0 Å². The second kappa shape index (κ2) is 5.32. The van der Waals surface area contributed by atoms with Gasteiger partial charge in [-0.15, -0.1) is 0 Å². The first-order valence-corrected chi connectivity index (χ1v) is 6.62. The number of hydrogen-bond acceptors (Lipinski definition) is 5. The number of amidine groups is 1. The Hall–Kier alpha value is -1.35. The minimum absolute atomic E-state index is 0.0808. The molecule has 1 atom stereocenters. The highest BCUT2D eigenvalue weighted by Crippen LogP contribution is 2.19. The molecule has 9 heteroatoms. The predicted octanol–water partition coefficient (Wildman–Crippen LogP) is -0.622. The Kier molecular flexibility index (Phi) is 4.29. The van der Waals surface area contributed by atoms with E-state index in [1.54, 1.807) is 11.6 Å². The van der Waals surface area contributed by atoms with Crippen LogP contribution >= 0.6 is 0 Å². The summed E-state index contributed by atoms with van der Waals surface area (Å²) in [6.45, 7) is 1.89. The van der Waals surface area contributed by atoms with E-state index in [0.29, 0.717) is 12.8 Å². The molecule has 1 unspecified atom stereocenters. The molecule has 1 aliphatic heterocycles. The van der Waals surface area contributed by atoms with Crippen LogP contribution in [0.25, 0.3) is 0 Å². The third-order valence-corrected chi connectivity index (χ3v) is 3.84. The minimum Gasteiger partial charge on any atom is -0.449 e. The van der Waals surface area contributed by atoms with E-state index in [2.05, 4.69) is 4.74 Å². The zero-order valence-corrected chi connectivity index (χ0v) is 10.3. The number of rotatable bonds is 4. The fraction of sp³-hybridized carbons (Fsp3) is 0.750. The van der Waals surface area contributed by atoms with E-state index in [9.17, 15) is 13.2 Å². The van der Waals surface area contributed by atoms with Gasteiger partial charge < -0.3 is 10.5 Å². The van der Waals surface area contributed by atoms with E-state index in [0.717, 1.165) is 4.31 Å². The topological polar surface area (TPSA) is 126 Å². The highest BCUT2D eigenvalue weighted by atomic mass is 32.2. The van der Waals surface area contributed by atoms with Crippen LogP contribution in [0.2, 0.25) is 0 Å². The van der Waals surface area contributed by atoms with E-state index in [4.69, 9.17) is 11.1 Å². The third kappa shape index (κ3) is 3.30. The summed E-state index contributed by atoms with van der Waals surface area (Å²) in [6, 6.07) is -0.679. The molecular formula is C8H16N4O4S. The van der Waals surface area contributed by atoms with Crippen molar-refractivity contribution in [2.75, 3.05) is 13.2 Å². The first kappa shape index (κ1) is 13.7. The number of carbonyl (C=O) groups is 1. The number of hydrogen-bond donors (Lipinski definition) is 3. The standard InChI is InChI=1S/C8H16N4O4S/c1-2-16-8(13)11-17(14,15)12-5-3-4-6(12)7(9)10/h6H,2-5H2,1H3,(H3,9,10)(H,11,13). The molecule has 0 radical (unpaired) electrons. The van der Waals surface area contributed by atoms with E-state index in [1.807, 2.05) is 0 Å².